The van der Waals surface area contributed by atoms with Crippen molar-refractivity contribution in [2.24, 2.45) is 23.5 Å². The molecule has 3 saturated carbocycles. The van der Waals surface area contributed by atoms with Crippen molar-refractivity contribution >= 4 is 5.91 Å². The van der Waals surface area contributed by atoms with Gasteiger partial charge in [-0.25, -0.2) is 9.97 Å². The second kappa shape index (κ2) is 6.79. The number of carbonyl (C=O) groups excluding carboxylic acids is 1. The van der Waals surface area contributed by atoms with E-state index in [1.807, 2.05) is 12.4 Å². The van der Waals surface area contributed by atoms with Crippen LogP contribution in [0.5, 0.6) is 0 Å². The second-order valence-corrected chi connectivity index (χ2v) is 7.96. The molecule has 3 fully saturated rings. The molecule has 1 amide bonds. The van der Waals surface area contributed by atoms with E-state index in [1.54, 1.807) is 0 Å². The Morgan fingerprint density at radius 1 is 1.12 bits per heavy atom. The van der Waals surface area contributed by atoms with E-state index in [9.17, 15) is 4.79 Å². The van der Waals surface area contributed by atoms with Crippen LogP contribution >= 0.6 is 0 Å². The first kappa shape index (κ1) is 16.0. The number of hydrogen-bond donors (Lipinski definition) is 2. The highest BCUT2D eigenvalue weighted by molar-refractivity contribution is 5.78. The summed E-state index contributed by atoms with van der Waals surface area (Å²) in [7, 11) is 0. The van der Waals surface area contributed by atoms with E-state index in [-0.39, 0.29) is 11.8 Å². The number of nitrogens with two attached hydrogens (primary N) is 1. The molecule has 5 heteroatoms. The van der Waals surface area contributed by atoms with Gasteiger partial charge >= 0.3 is 0 Å². The van der Waals surface area contributed by atoms with Gasteiger partial charge in [0.1, 0.15) is 5.82 Å². The van der Waals surface area contributed by atoms with Crippen LogP contribution in [0.15, 0.2) is 12.4 Å². The quantitative estimate of drug-likeness (QED) is 0.868. The van der Waals surface area contributed by atoms with Gasteiger partial charge in [-0.15, -0.1) is 0 Å². The standard InChI is InChI=1S/C19H28N4O/c20-17-14-2-1-3-15(17)9-16(8-14)19(24)21-7-6-12-10-22-18(23-11-12)13-4-5-13/h10-11,13-17H,1-9,20H2,(H,21,24). The zero-order valence-corrected chi connectivity index (χ0v) is 14.3. The summed E-state index contributed by atoms with van der Waals surface area (Å²) < 4.78 is 0. The van der Waals surface area contributed by atoms with Crippen molar-refractivity contribution in [1.29, 1.82) is 0 Å². The van der Waals surface area contributed by atoms with Gasteiger partial charge < -0.3 is 11.1 Å². The molecule has 0 spiro atoms. The van der Waals surface area contributed by atoms with E-state index >= 15 is 0 Å². The van der Waals surface area contributed by atoms with Gasteiger partial charge in [-0.2, -0.15) is 0 Å². The van der Waals surface area contributed by atoms with Crippen LogP contribution < -0.4 is 11.1 Å². The molecule has 3 aliphatic carbocycles. The van der Waals surface area contributed by atoms with E-state index in [0.29, 0.717) is 30.3 Å². The van der Waals surface area contributed by atoms with Gasteiger partial charge in [-0.3, -0.25) is 4.79 Å². The fraction of sp³-hybridized carbons (Fsp3) is 0.737. The van der Waals surface area contributed by atoms with Crippen molar-refractivity contribution in [3.05, 3.63) is 23.8 Å². The van der Waals surface area contributed by atoms with Crippen LogP contribution in [0.1, 0.15) is 62.3 Å². The van der Waals surface area contributed by atoms with Gasteiger partial charge in [-0.1, -0.05) is 6.42 Å². The summed E-state index contributed by atoms with van der Waals surface area (Å²) in [6.07, 6.45) is 12.7. The van der Waals surface area contributed by atoms with Crippen molar-refractivity contribution in [3.63, 3.8) is 0 Å². The lowest BCUT2D eigenvalue weighted by atomic mass is 9.65. The Bertz CT molecular complexity index is 570. The lowest BCUT2D eigenvalue weighted by molar-refractivity contribution is -0.127. The maximum atomic E-state index is 12.5. The number of nitrogens with zero attached hydrogens (tertiary/aromatic N) is 2. The molecule has 1 heterocycles. The highest BCUT2D eigenvalue weighted by atomic mass is 16.1. The minimum absolute atomic E-state index is 0.161. The lowest BCUT2D eigenvalue weighted by Gasteiger charge is -2.43. The summed E-state index contributed by atoms with van der Waals surface area (Å²) in [5.41, 5.74) is 7.41. The molecule has 0 saturated heterocycles. The fourth-order valence-electron chi connectivity index (χ4n) is 4.52. The van der Waals surface area contributed by atoms with Crippen molar-refractivity contribution in [2.45, 2.75) is 63.3 Å². The third-order valence-corrected chi connectivity index (χ3v) is 6.16. The first-order valence-corrected chi connectivity index (χ1v) is 9.55. The number of hydrogen-bond acceptors (Lipinski definition) is 4. The highest BCUT2D eigenvalue weighted by Crippen LogP contribution is 2.41. The number of rotatable bonds is 5. The molecule has 5 nitrogen and oxygen atoms in total. The van der Waals surface area contributed by atoms with Gasteiger partial charge in [-0.05, 0) is 62.3 Å². The van der Waals surface area contributed by atoms with E-state index < -0.39 is 0 Å². The number of amides is 1. The van der Waals surface area contributed by atoms with E-state index in [1.165, 1.54) is 32.1 Å². The molecule has 1 aromatic rings. The first-order chi connectivity index (χ1) is 11.7. The molecule has 2 bridgehead atoms. The molecule has 24 heavy (non-hydrogen) atoms. The van der Waals surface area contributed by atoms with Crippen LogP contribution in [0.25, 0.3) is 0 Å². The predicted octanol–water partition coefficient (Wildman–Crippen LogP) is 2.17. The Balaban J connectivity index is 1.24. The lowest BCUT2D eigenvalue weighted by Crippen LogP contribution is -2.49. The van der Waals surface area contributed by atoms with Gasteiger partial charge in [0.2, 0.25) is 5.91 Å². The highest BCUT2D eigenvalue weighted by Gasteiger charge is 2.40. The van der Waals surface area contributed by atoms with Gasteiger partial charge in [0, 0.05) is 36.8 Å². The van der Waals surface area contributed by atoms with Crippen molar-refractivity contribution in [2.75, 3.05) is 6.54 Å². The minimum atomic E-state index is 0.161. The molecular formula is C19H28N4O. The van der Waals surface area contributed by atoms with Gasteiger partial charge in [0.15, 0.2) is 0 Å². The Morgan fingerprint density at radius 2 is 1.79 bits per heavy atom. The molecule has 4 rings (SSSR count). The summed E-state index contributed by atoms with van der Waals surface area (Å²) in [5.74, 6) is 3.06. The van der Waals surface area contributed by atoms with Crippen molar-refractivity contribution in [3.8, 4) is 0 Å². The smallest absolute Gasteiger partial charge is 0.223 e. The molecule has 1 aromatic heterocycles. The van der Waals surface area contributed by atoms with Gasteiger partial charge in [0.05, 0.1) is 0 Å². The second-order valence-electron chi connectivity index (χ2n) is 7.96. The maximum Gasteiger partial charge on any atom is 0.223 e. The molecule has 0 aromatic carbocycles. The molecular weight excluding hydrogens is 300 g/mol. The normalized spacial score (nSPS) is 32.4. The van der Waals surface area contributed by atoms with Crippen LogP contribution in [0.2, 0.25) is 0 Å². The predicted molar refractivity (Wildman–Crippen MR) is 92.3 cm³/mol. The molecule has 0 aliphatic heterocycles. The topological polar surface area (TPSA) is 80.9 Å². The first-order valence-electron chi connectivity index (χ1n) is 9.55. The molecule has 3 N–H and O–H groups in total. The van der Waals surface area contributed by atoms with Crippen LogP contribution in [0.3, 0.4) is 0 Å². The Hall–Kier alpha value is -1.49. The van der Waals surface area contributed by atoms with Crippen LogP contribution in [0.4, 0.5) is 0 Å². The summed E-state index contributed by atoms with van der Waals surface area (Å²) >= 11 is 0. The van der Waals surface area contributed by atoms with Crippen molar-refractivity contribution in [1.82, 2.24) is 15.3 Å². The SMILES string of the molecule is NC1C2CCCC1CC(C(=O)NCCc1cnc(C3CC3)nc1)C2. The number of fused-ring (bicyclic) bond motifs is 2. The Morgan fingerprint density at radius 3 is 2.42 bits per heavy atom. The number of nitrogens with one attached hydrogen (secondary N) is 1. The van der Waals surface area contributed by atoms with Crippen LogP contribution in [-0.4, -0.2) is 28.5 Å². The largest absolute Gasteiger partial charge is 0.356 e. The molecule has 130 valence electrons. The van der Waals surface area contributed by atoms with E-state index in [2.05, 4.69) is 15.3 Å². The average molecular weight is 328 g/mol. The summed E-state index contributed by atoms with van der Waals surface area (Å²) in [6, 6.07) is 0.324. The number of aromatic nitrogens is 2. The maximum absolute atomic E-state index is 12.5. The van der Waals surface area contributed by atoms with E-state index in [4.69, 9.17) is 5.73 Å². The molecule has 0 radical (unpaired) electrons. The summed E-state index contributed by atoms with van der Waals surface area (Å²) in [4.78, 5) is 21.4. The van der Waals surface area contributed by atoms with E-state index in [0.717, 1.165) is 30.7 Å². The Kier molecular flexibility index (Phi) is 4.53. The number of carbonyl (C=O) groups is 1. The summed E-state index contributed by atoms with van der Waals surface area (Å²) in [5, 5.41) is 3.12. The molecule has 3 aliphatic rings. The molecule has 2 unspecified atom stereocenters. The monoisotopic (exact) mass is 328 g/mol. The zero-order chi connectivity index (χ0) is 16.5. The Labute approximate surface area is 143 Å². The third kappa shape index (κ3) is 3.46. The van der Waals surface area contributed by atoms with Crippen molar-refractivity contribution < 1.29 is 4.79 Å². The molecule has 2 atom stereocenters. The average Bonchev–Trinajstić information content (AvgIpc) is 3.40. The minimum Gasteiger partial charge on any atom is -0.356 e. The van der Waals surface area contributed by atoms with Crippen LogP contribution in [0, 0.1) is 17.8 Å². The fourth-order valence-corrected chi connectivity index (χ4v) is 4.52. The van der Waals surface area contributed by atoms with Crippen LogP contribution in [-0.2, 0) is 11.2 Å². The third-order valence-electron chi connectivity index (χ3n) is 6.16. The zero-order valence-electron chi connectivity index (χ0n) is 14.3. The van der Waals surface area contributed by atoms with Gasteiger partial charge in [0.25, 0.3) is 0 Å². The summed E-state index contributed by atoms with van der Waals surface area (Å²) in [6.45, 7) is 0.669.